The molecule has 144 valence electrons. The van der Waals surface area contributed by atoms with Crippen LogP contribution in [0.3, 0.4) is 0 Å². The van der Waals surface area contributed by atoms with Gasteiger partial charge in [-0.25, -0.2) is 9.37 Å². The average molecular weight is 491 g/mol. The number of hydrogen-bond acceptors (Lipinski definition) is 4. The maximum atomic E-state index is 12.9. The number of aliphatic imine (C=N–C) groups is 1. The monoisotopic (exact) mass is 491 g/mol. The first kappa shape index (κ1) is 22.8. The van der Waals surface area contributed by atoms with Gasteiger partial charge < -0.3 is 15.1 Å². The number of guanidine groups is 1. The lowest BCUT2D eigenvalue weighted by molar-refractivity contribution is 0.328. The molecule has 8 heteroatoms. The molecule has 1 heterocycles. The third kappa shape index (κ3) is 7.55. The summed E-state index contributed by atoms with van der Waals surface area (Å²) in [6.07, 6.45) is 0. The molecule has 0 saturated heterocycles. The number of nitrogens with zero attached hydrogens (tertiary/aromatic N) is 4. The van der Waals surface area contributed by atoms with Gasteiger partial charge in [0.1, 0.15) is 5.82 Å². The van der Waals surface area contributed by atoms with Crippen LogP contribution < -0.4 is 5.32 Å². The van der Waals surface area contributed by atoms with Crippen molar-refractivity contribution in [2.24, 2.45) is 4.99 Å². The number of likely N-dealkylation sites (N-methyl/N-ethyl adjacent to an activating group) is 1. The van der Waals surface area contributed by atoms with Crippen LogP contribution in [0.2, 0.25) is 0 Å². The summed E-state index contributed by atoms with van der Waals surface area (Å²) in [6, 6.07) is 6.64. The lowest BCUT2D eigenvalue weighted by Crippen LogP contribution is -2.41. The van der Waals surface area contributed by atoms with Crippen molar-refractivity contribution < 1.29 is 4.39 Å². The zero-order valence-electron chi connectivity index (χ0n) is 15.7. The van der Waals surface area contributed by atoms with E-state index in [9.17, 15) is 4.39 Å². The molecule has 0 aliphatic carbocycles. The molecule has 0 aliphatic rings. The van der Waals surface area contributed by atoms with E-state index in [0.717, 1.165) is 48.4 Å². The van der Waals surface area contributed by atoms with Crippen LogP contribution in [0.15, 0.2) is 34.6 Å². The van der Waals surface area contributed by atoms with E-state index >= 15 is 0 Å². The Balaban J connectivity index is 0.00000338. The molecule has 1 aromatic carbocycles. The van der Waals surface area contributed by atoms with Crippen LogP contribution in [0.25, 0.3) is 0 Å². The molecule has 0 atom stereocenters. The number of halogens is 2. The third-order valence-electron chi connectivity index (χ3n) is 3.78. The molecule has 26 heavy (non-hydrogen) atoms. The molecular weight excluding hydrogens is 464 g/mol. The maximum Gasteiger partial charge on any atom is 0.193 e. The SMILES string of the molecule is CN=C(NCCN(C)Cc1ccc(F)cc1)N(C)Cc1csc(C)n1.I. The maximum absolute atomic E-state index is 12.9. The molecule has 1 N–H and O–H groups in total. The minimum Gasteiger partial charge on any atom is -0.355 e. The summed E-state index contributed by atoms with van der Waals surface area (Å²) in [5.41, 5.74) is 2.16. The molecule has 0 amide bonds. The molecule has 2 rings (SSSR count). The first-order valence-corrected chi connectivity index (χ1v) is 9.11. The highest BCUT2D eigenvalue weighted by atomic mass is 127. The fraction of sp³-hybridized carbons (Fsp3) is 0.444. The van der Waals surface area contributed by atoms with Gasteiger partial charge in [-0.05, 0) is 31.7 Å². The van der Waals surface area contributed by atoms with E-state index in [1.807, 2.05) is 26.1 Å². The van der Waals surface area contributed by atoms with E-state index in [1.165, 1.54) is 12.1 Å². The van der Waals surface area contributed by atoms with Crippen LogP contribution in [0, 0.1) is 12.7 Å². The molecule has 0 aliphatic heterocycles. The fourth-order valence-electron chi connectivity index (χ4n) is 2.52. The average Bonchev–Trinajstić information content (AvgIpc) is 2.98. The van der Waals surface area contributed by atoms with Gasteiger partial charge in [-0.15, -0.1) is 35.3 Å². The van der Waals surface area contributed by atoms with Crippen LogP contribution in [-0.4, -0.2) is 55.0 Å². The Hall–Kier alpha value is -1.26. The minimum absolute atomic E-state index is 0. The zero-order valence-corrected chi connectivity index (χ0v) is 18.8. The van der Waals surface area contributed by atoms with Crippen molar-refractivity contribution in [1.82, 2.24) is 20.1 Å². The number of aromatic nitrogens is 1. The molecule has 0 saturated carbocycles. The van der Waals surface area contributed by atoms with Gasteiger partial charge in [0.05, 0.1) is 17.2 Å². The molecule has 0 spiro atoms. The lowest BCUT2D eigenvalue weighted by Gasteiger charge is -2.23. The normalized spacial score (nSPS) is 11.4. The Kier molecular flexibility index (Phi) is 10.0. The van der Waals surface area contributed by atoms with Crippen molar-refractivity contribution in [3.05, 3.63) is 51.7 Å². The number of benzene rings is 1. The Morgan fingerprint density at radius 1 is 1.23 bits per heavy atom. The van der Waals surface area contributed by atoms with E-state index in [1.54, 1.807) is 18.4 Å². The zero-order chi connectivity index (χ0) is 18.2. The number of rotatable bonds is 7. The molecule has 0 fully saturated rings. The van der Waals surface area contributed by atoms with Gasteiger partial charge in [-0.2, -0.15) is 0 Å². The first-order chi connectivity index (χ1) is 12.0. The number of nitrogens with one attached hydrogen (secondary N) is 1. The van der Waals surface area contributed by atoms with Gasteiger partial charge in [-0.1, -0.05) is 12.1 Å². The second-order valence-corrected chi connectivity index (χ2v) is 7.11. The lowest BCUT2D eigenvalue weighted by atomic mass is 10.2. The Morgan fingerprint density at radius 3 is 2.50 bits per heavy atom. The van der Waals surface area contributed by atoms with Crippen LogP contribution in [-0.2, 0) is 13.1 Å². The number of hydrogen-bond donors (Lipinski definition) is 1. The Bertz CT molecular complexity index is 689. The topological polar surface area (TPSA) is 43.8 Å². The van der Waals surface area contributed by atoms with E-state index in [-0.39, 0.29) is 29.8 Å². The van der Waals surface area contributed by atoms with E-state index in [2.05, 4.69) is 37.5 Å². The van der Waals surface area contributed by atoms with Gasteiger partial charge in [0.2, 0.25) is 0 Å². The predicted octanol–water partition coefficient (Wildman–Crippen LogP) is 3.35. The van der Waals surface area contributed by atoms with Crippen LogP contribution in [0.1, 0.15) is 16.3 Å². The molecule has 2 aromatic rings. The van der Waals surface area contributed by atoms with Gasteiger partial charge in [0.25, 0.3) is 0 Å². The van der Waals surface area contributed by atoms with Crippen molar-refractivity contribution in [3.63, 3.8) is 0 Å². The van der Waals surface area contributed by atoms with E-state index in [4.69, 9.17) is 0 Å². The van der Waals surface area contributed by atoms with Crippen molar-refractivity contribution in [2.45, 2.75) is 20.0 Å². The summed E-state index contributed by atoms with van der Waals surface area (Å²) >= 11 is 1.66. The number of thiazole rings is 1. The van der Waals surface area contributed by atoms with Crippen molar-refractivity contribution in [3.8, 4) is 0 Å². The molecule has 0 bridgehead atoms. The molecule has 0 unspecified atom stereocenters. The third-order valence-corrected chi connectivity index (χ3v) is 4.60. The second-order valence-electron chi connectivity index (χ2n) is 6.05. The highest BCUT2D eigenvalue weighted by molar-refractivity contribution is 14.0. The summed E-state index contributed by atoms with van der Waals surface area (Å²) in [6.45, 7) is 5.17. The summed E-state index contributed by atoms with van der Waals surface area (Å²) in [7, 11) is 5.84. The van der Waals surface area contributed by atoms with E-state index < -0.39 is 0 Å². The number of aryl methyl sites for hydroxylation is 1. The molecule has 5 nitrogen and oxygen atoms in total. The van der Waals surface area contributed by atoms with Crippen LogP contribution >= 0.6 is 35.3 Å². The van der Waals surface area contributed by atoms with E-state index in [0.29, 0.717) is 0 Å². The molecule has 0 radical (unpaired) electrons. The standard InChI is InChI=1S/C18H26FN5S.HI/c1-14-22-17(13-25-14)12-24(4)18(20-2)21-9-10-23(3)11-15-5-7-16(19)8-6-15;/h5-8,13H,9-12H2,1-4H3,(H,20,21);1H. The van der Waals surface area contributed by atoms with Gasteiger partial charge in [0, 0.05) is 39.1 Å². The van der Waals surface area contributed by atoms with Crippen LogP contribution in [0.4, 0.5) is 4.39 Å². The largest absolute Gasteiger partial charge is 0.355 e. The van der Waals surface area contributed by atoms with Gasteiger partial charge in [0.15, 0.2) is 5.96 Å². The predicted molar refractivity (Wildman–Crippen MR) is 118 cm³/mol. The highest BCUT2D eigenvalue weighted by Crippen LogP contribution is 2.09. The fourth-order valence-corrected chi connectivity index (χ4v) is 3.13. The van der Waals surface area contributed by atoms with Crippen molar-refractivity contribution in [1.29, 1.82) is 0 Å². The molecular formula is C18H27FIN5S. The summed E-state index contributed by atoms with van der Waals surface area (Å²) in [5.74, 6) is 0.649. The Morgan fingerprint density at radius 2 is 1.92 bits per heavy atom. The summed E-state index contributed by atoms with van der Waals surface area (Å²) in [4.78, 5) is 13.1. The smallest absolute Gasteiger partial charge is 0.193 e. The van der Waals surface area contributed by atoms with Gasteiger partial charge >= 0.3 is 0 Å². The highest BCUT2D eigenvalue weighted by Gasteiger charge is 2.09. The second kappa shape index (κ2) is 11.5. The van der Waals surface area contributed by atoms with Crippen molar-refractivity contribution in [2.75, 3.05) is 34.2 Å². The summed E-state index contributed by atoms with van der Waals surface area (Å²) in [5, 5.41) is 6.53. The first-order valence-electron chi connectivity index (χ1n) is 8.23. The van der Waals surface area contributed by atoms with Gasteiger partial charge in [-0.3, -0.25) is 4.99 Å². The summed E-state index contributed by atoms with van der Waals surface area (Å²) < 4.78 is 12.9. The van der Waals surface area contributed by atoms with Crippen molar-refractivity contribution >= 4 is 41.3 Å². The van der Waals surface area contributed by atoms with Crippen LogP contribution in [0.5, 0.6) is 0 Å². The Labute approximate surface area is 176 Å². The molecule has 1 aromatic heterocycles. The minimum atomic E-state index is -0.199. The quantitative estimate of drug-likeness (QED) is 0.367.